The molecule has 0 saturated carbocycles. The van der Waals surface area contributed by atoms with Crippen molar-refractivity contribution in [2.24, 2.45) is 0 Å². The molecule has 0 aliphatic rings. The molecule has 0 unspecified atom stereocenters. The van der Waals surface area contributed by atoms with Crippen molar-refractivity contribution in [2.45, 2.75) is 6.18 Å². The van der Waals surface area contributed by atoms with Gasteiger partial charge in [0.15, 0.2) is 11.5 Å². The van der Waals surface area contributed by atoms with Crippen LogP contribution in [-0.4, -0.2) is 25.7 Å². The van der Waals surface area contributed by atoms with Crippen LogP contribution in [0.1, 0.15) is 16.1 Å². The maximum absolute atomic E-state index is 13.6. The van der Waals surface area contributed by atoms with E-state index in [9.17, 15) is 18.0 Å². The van der Waals surface area contributed by atoms with Gasteiger partial charge in [-0.25, -0.2) is 9.67 Å². The highest BCUT2D eigenvalue weighted by Gasteiger charge is 2.36. The molecule has 1 N–H and O–H groups in total. The number of rotatable bonds is 4. The number of amides is 1. The Morgan fingerprint density at radius 2 is 1.75 bits per heavy atom. The van der Waals surface area contributed by atoms with E-state index in [1.165, 1.54) is 48.9 Å². The molecular formula is C21H12Cl2F3N5O. The first-order chi connectivity index (χ1) is 15.2. The molecule has 3 heterocycles. The van der Waals surface area contributed by atoms with Gasteiger partial charge >= 0.3 is 6.18 Å². The Morgan fingerprint density at radius 1 is 1.00 bits per heavy atom. The summed E-state index contributed by atoms with van der Waals surface area (Å²) < 4.78 is 41.5. The van der Waals surface area contributed by atoms with Crippen LogP contribution in [0.4, 0.5) is 18.9 Å². The van der Waals surface area contributed by atoms with Gasteiger partial charge < -0.3 is 5.32 Å². The lowest BCUT2D eigenvalue weighted by atomic mass is 10.2. The zero-order valence-electron chi connectivity index (χ0n) is 15.9. The van der Waals surface area contributed by atoms with Crippen LogP contribution in [0.5, 0.6) is 0 Å². The van der Waals surface area contributed by atoms with E-state index in [1.54, 1.807) is 12.1 Å². The van der Waals surface area contributed by atoms with Crippen molar-refractivity contribution in [3.63, 3.8) is 0 Å². The number of anilines is 1. The van der Waals surface area contributed by atoms with E-state index in [0.29, 0.717) is 20.3 Å². The molecule has 0 saturated heterocycles. The summed E-state index contributed by atoms with van der Waals surface area (Å²) in [5.74, 6) is -0.575. The number of nitrogens with zero attached hydrogens (tertiary/aromatic N) is 4. The molecule has 1 aromatic carbocycles. The summed E-state index contributed by atoms with van der Waals surface area (Å²) >= 11 is 11.8. The van der Waals surface area contributed by atoms with Gasteiger partial charge in [0, 0.05) is 33.6 Å². The summed E-state index contributed by atoms with van der Waals surface area (Å²) in [5, 5.41) is 7.22. The maximum atomic E-state index is 13.6. The van der Waals surface area contributed by atoms with Crippen molar-refractivity contribution in [2.75, 3.05) is 5.32 Å². The second-order valence-electron chi connectivity index (χ2n) is 6.58. The van der Waals surface area contributed by atoms with Crippen LogP contribution in [0, 0.1) is 0 Å². The third-order valence-corrected chi connectivity index (χ3v) is 4.74. The third-order valence-electron chi connectivity index (χ3n) is 4.30. The summed E-state index contributed by atoms with van der Waals surface area (Å²) in [6.07, 6.45) is -0.503. The Balaban J connectivity index is 1.62. The predicted octanol–water partition coefficient (Wildman–Crippen LogP) is 5.91. The van der Waals surface area contributed by atoms with Crippen LogP contribution in [0.3, 0.4) is 0 Å². The topological polar surface area (TPSA) is 72.7 Å². The lowest BCUT2D eigenvalue weighted by molar-refractivity contribution is -0.142. The van der Waals surface area contributed by atoms with E-state index >= 15 is 0 Å². The van der Waals surface area contributed by atoms with E-state index in [-0.39, 0.29) is 22.8 Å². The summed E-state index contributed by atoms with van der Waals surface area (Å²) in [4.78, 5) is 20.3. The molecular weight excluding hydrogens is 466 g/mol. The molecule has 0 aliphatic heterocycles. The maximum Gasteiger partial charge on any atom is 0.433 e. The highest BCUT2D eigenvalue weighted by atomic mass is 35.5. The van der Waals surface area contributed by atoms with Gasteiger partial charge in [-0.15, -0.1) is 0 Å². The Bertz CT molecular complexity index is 1250. The van der Waals surface area contributed by atoms with E-state index in [1.807, 2.05) is 0 Å². The molecule has 6 nitrogen and oxygen atoms in total. The molecule has 4 rings (SSSR count). The molecule has 0 atom stereocenters. The zero-order valence-corrected chi connectivity index (χ0v) is 17.4. The summed E-state index contributed by atoms with van der Waals surface area (Å²) in [6.45, 7) is 0. The zero-order chi connectivity index (χ0) is 22.9. The molecule has 4 aromatic rings. The van der Waals surface area contributed by atoms with Gasteiger partial charge in [-0.1, -0.05) is 23.2 Å². The predicted molar refractivity (Wildman–Crippen MR) is 114 cm³/mol. The molecule has 162 valence electrons. The summed E-state index contributed by atoms with van der Waals surface area (Å²) in [7, 11) is 0. The Labute approximate surface area is 189 Å². The minimum Gasteiger partial charge on any atom is -0.321 e. The first-order valence-electron chi connectivity index (χ1n) is 9.02. The van der Waals surface area contributed by atoms with Gasteiger partial charge in [0.1, 0.15) is 0 Å². The highest BCUT2D eigenvalue weighted by molar-refractivity contribution is 6.35. The van der Waals surface area contributed by atoms with E-state index in [4.69, 9.17) is 23.2 Å². The fraction of sp³-hybridized carbons (Fsp3) is 0.0476. The number of aromatic nitrogens is 4. The number of pyridine rings is 2. The largest absolute Gasteiger partial charge is 0.433 e. The minimum absolute atomic E-state index is 0.0729. The first kappa shape index (κ1) is 21.8. The fourth-order valence-electron chi connectivity index (χ4n) is 2.89. The summed E-state index contributed by atoms with van der Waals surface area (Å²) in [5.41, 5.74) is 0.0274. The highest BCUT2D eigenvalue weighted by Crippen LogP contribution is 2.33. The van der Waals surface area contributed by atoms with Gasteiger partial charge in [-0.2, -0.15) is 18.3 Å². The Kier molecular flexibility index (Phi) is 5.86. The van der Waals surface area contributed by atoms with Gasteiger partial charge in [0.25, 0.3) is 5.91 Å². The normalized spacial score (nSPS) is 11.4. The van der Waals surface area contributed by atoms with Crippen molar-refractivity contribution < 1.29 is 18.0 Å². The van der Waals surface area contributed by atoms with E-state index in [2.05, 4.69) is 20.4 Å². The average molecular weight is 478 g/mol. The standard InChI is InChI=1S/C21H12Cl2F3N5O/c22-14-6-13(7-15(23)8-14)20(32)29-16-3-4-19(28-11-16)31-18(21(24,25)26)9-17(30-31)12-2-1-5-27-10-12/h1-11H,(H,29,32). The van der Waals surface area contributed by atoms with Crippen LogP contribution in [0.15, 0.2) is 67.1 Å². The fourth-order valence-corrected chi connectivity index (χ4v) is 3.41. The van der Waals surface area contributed by atoms with E-state index < -0.39 is 17.8 Å². The lowest BCUT2D eigenvalue weighted by Gasteiger charge is -2.10. The number of carbonyl (C=O) groups excluding carboxylic acids is 1. The van der Waals surface area contributed by atoms with Gasteiger partial charge in [0.05, 0.1) is 17.6 Å². The smallest absolute Gasteiger partial charge is 0.321 e. The Morgan fingerprint density at radius 3 is 2.34 bits per heavy atom. The van der Waals surface area contributed by atoms with Crippen molar-refractivity contribution >= 4 is 34.8 Å². The van der Waals surface area contributed by atoms with Crippen molar-refractivity contribution in [3.05, 3.63) is 88.4 Å². The Hall–Kier alpha value is -3.43. The van der Waals surface area contributed by atoms with Crippen LogP contribution in [-0.2, 0) is 6.18 Å². The summed E-state index contributed by atoms with van der Waals surface area (Å²) in [6, 6.07) is 11.2. The van der Waals surface area contributed by atoms with Gasteiger partial charge in [-0.05, 0) is 48.5 Å². The monoisotopic (exact) mass is 477 g/mol. The van der Waals surface area contributed by atoms with E-state index in [0.717, 1.165) is 6.07 Å². The van der Waals surface area contributed by atoms with Crippen LogP contribution in [0.2, 0.25) is 10.0 Å². The van der Waals surface area contributed by atoms with Crippen LogP contribution < -0.4 is 5.32 Å². The molecule has 0 spiro atoms. The second kappa shape index (κ2) is 8.60. The molecule has 32 heavy (non-hydrogen) atoms. The van der Waals surface area contributed by atoms with Crippen LogP contribution in [0.25, 0.3) is 17.1 Å². The van der Waals surface area contributed by atoms with Crippen molar-refractivity contribution in [1.82, 2.24) is 19.7 Å². The molecule has 11 heteroatoms. The third kappa shape index (κ3) is 4.74. The number of hydrogen-bond donors (Lipinski definition) is 1. The molecule has 0 fully saturated rings. The number of benzene rings is 1. The number of halogens is 5. The number of carbonyl (C=O) groups is 1. The molecule has 3 aromatic heterocycles. The second-order valence-corrected chi connectivity index (χ2v) is 7.46. The quantitative estimate of drug-likeness (QED) is 0.396. The molecule has 0 radical (unpaired) electrons. The van der Waals surface area contributed by atoms with Gasteiger partial charge in [0.2, 0.25) is 0 Å². The first-order valence-corrected chi connectivity index (χ1v) is 9.78. The molecule has 0 bridgehead atoms. The number of hydrogen-bond acceptors (Lipinski definition) is 4. The van der Waals surface area contributed by atoms with Gasteiger partial charge in [-0.3, -0.25) is 9.78 Å². The minimum atomic E-state index is -4.66. The number of nitrogens with one attached hydrogen (secondary N) is 1. The molecule has 1 amide bonds. The number of alkyl halides is 3. The van der Waals surface area contributed by atoms with Crippen molar-refractivity contribution in [3.8, 4) is 17.1 Å². The van der Waals surface area contributed by atoms with Crippen LogP contribution >= 0.6 is 23.2 Å². The van der Waals surface area contributed by atoms with Crippen molar-refractivity contribution in [1.29, 1.82) is 0 Å². The SMILES string of the molecule is O=C(Nc1ccc(-n2nc(-c3cccnc3)cc2C(F)(F)F)nc1)c1cc(Cl)cc(Cl)c1. The lowest BCUT2D eigenvalue weighted by Crippen LogP contribution is -2.15. The molecule has 0 aliphatic carbocycles. The average Bonchev–Trinajstić information content (AvgIpc) is 3.20.